The SMILES string of the molecule is O=C(Cc1cccc2cccnc12)NNC(=O)c1ccc(Cl)cc1. The highest BCUT2D eigenvalue weighted by molar-refractivity contribution is 6.30. The van der Waals surface area contributed by atoms with Gasteiger partial charge in [-0.25, -0.2) is 0 Å². The van der Waals surface area contributed by atoms with Crippen molar-refractivity contribution in [3.8, 4) is 0 Å². The number of nitrogens with zero attached hydrogens (tertiary/aromatic N) is 1. The van der Waals surface area contributed by atoms with Crippen LogP contribution in [-0.2, 0) is 11.2 Å². The highest BCUT2D eigenvalue weighted by atomic mass is 35.5. The lowest BCUT2D eigenvalue weighted by atomic mass is 10.1. The number of pyridine rings is 1. The van der Waals surface area contributed by atoms with E-state index < -0.39 is 5.91 Å². The largest absolute Gasteiger partial charge is 0.273 e. The average molecular weight is 340 g/mol. The number of nitrogens with one attached hydrogen (secondary N) is 2. The molecule has 0 saturated heterocycles. The van der Waals surface area contributed by atoms with Gasteiger partial charge in [-0.05, 0) is 35.9 Å². The van der Waals surface area contributed by atoms with E-state index in [1.165, 1.54) is 0 Å². The number of carbonyl (C=O) groups excluding carboxylic acids is 2. The summed E-state index contributed by atoms with van der Waals surface area (Å²) < 4.78 is 0. The molecule has 0 aliphatic carbocycles. The van der Waals surface area contributed by atoms with Crippen molar-refractivity contribution in [3.63, 3.8) is 0 Å². The van der Waals surface area contributed by atoms with Gasteiger partial charge in [-0.15, -0.1) is 0 Å². The molecule has 0 aliphatic heterocycles. The van der Waals surface area contributed by atoms with Crippen molar-refractivity contribution >= 4 is 34.3 Å². The quantitative estimate of drug-likeness (QED) is 0.721. The Hall–Kier alpha value is -2.92. The second kappa shape index (κ2) is 7.10. The highest BCUT2D eigenvalue weighted by Crippen LogP contribution is 2.16. The van der Waals surface area contributed by atoms with E-state index in [4.69, 9.17) is 11.6 Å². The first-order valence-corrected chi connectivity index (χ1v) is 7.68. The van der Waals surface area contributed by atoms with E-state index in [0.29, 0.717) is 10.6 Å². The third-order valence-electron chi connectivity index (χ3n) is 3.49. The monoisotopic (exact) mass is 339 g/mol. The molecule has 2 amide bonds. The number of hydrogen-bond donors (Lipinski definition) is 2. The van der Waals surface area contributed by atoms with E-state index in [0.717, 1.165) is 16.5 Å². The Morgan fingerprint density at radius 3 is 2.50 bits per heavy atom. The van der Waals surface area contributed by atoms with Crippen LogP contribution in [0.5, 0.6) is 0 Å². The van der Waals surface area contributed by atoms with E-state index >= 15 is 0 Å². The predicted octanol–water partition coefficient (Wildman–Crippen LogP) is 2.89. The molecule has 0 bridgehead atoms. The maximum absolute atomic E-state index is 12.1. The number of benzene rings is 2. The molecule has 120 valence electrons. The van der Waals surface area contributed by atoms with Crippen LogP contribution in [0, 0.1) is 0 Å². The molecule has 2 N–H and O–H groups in total. The predicted molar refractivity (Wildman–Crippen MR) is 92.5 cm³/mol. The normalized spacial score (nSPS) is 10.4. The standard InChI is InChI=1S/C18H14ClN3O2/c19-15-8-6-13(7-9-15)18(24)22-21-16(23)11-14-4-1-3-12-5-2-10-20-17(12)14/h1-10H,11H2,(H,21,23)(H,22,24). The van der Waals surface area contributed by atoms with Gasteiger partial charge < -0.3 is 0 Å². The Morgan fingerprint density at radius 2 is 1.71 bits per heavy atom. The summed E-state index contributed by atoms with van der Waals surface area (Å²) in [4.78, 5) is 28.3. The molecule has 6 heteroatoms. The minimum atomic E-state index is -0.406. The second-order valence-corrected chi connectivity index (χ2v) is 5.61. The lowest BCUT2D eigenvalue weighted by Crippen LogP contribution is -2.42. The molecule has 0 saturated carbocycles. The number of para-hydroxylation sites is 1. The molecule has 0 unspecified atom stereocenters. The van der Waals surface area contributed by atoms with Gasteiger partial charge in [0.25, 0.3) is 5.91 Å². The molecule has 2 aromatic carbocycles. The minimum Gasteiger partial charge on any atom is -0.273 e. The molecule has 24 heavy (non-hydrogen) atoms. The maximum atomic E-state index is 12.1. The van der Waals surface area contributed by atoms with Gasteiger partial charge in [0.15, 0.2) is 0 Å². The fraction of sp³-hybridized carbons (Fsp3) is 0.0556. The Labute approximate surface area is 143 Å². The van der Waals surface area contributed by atoms with Crippen LogP contribution in [0.25, 0.3) is 10.9 Å². The van der Waals surface area contributed by atoms with E-state index in [-0.39, 0.29) is 12.3 Å². The zero-order chi connectivity index (χ0) is 16.9. The van der Waals surface area contributed by atoms with Crippen molar-refractivity contribution in [2.24, 2.45) is 0 Å². The number of amides is 2. The van der Waals surface area contributed by atoms with Crippen LogP contribution in [0.3, 0.4) is 0 Å². The lowest BCUT2D eigenvalue weighted by Gasteiger charge is -2.09. The molecular weight excluding hydrogens is 326 g/mol. The summed E-state index contributed by atoms with van der Waals surface area (Å²) in [5.74, 6) is -0.730. The Bertz CT molecular complexity index is 889. The summed E-state index contributed by atoms with van der Waals surface area (Å²) in [6, 6.07) is 15.8. The fourth-order valence-corrected chi connectivity index (χ4v) is 2.45. The lowest BCUT2D eigenvalue weighted by molar-refractivity contribution is -0.121. The first-order valence-electron chi connectivity index (χ1n) is 7.31. The Balaban J connectivity index is 1.63. The van der Waals surface area contributed by atoms with Gasteiger partial charge in [0.1, 0.15) is 0 Å². The second-order valence-electron chi connectivity index (χ2n) is 5.18. The number of fused-ring (bicyclic) bond motifs is 1. The fourth-order valence-electron chi connectivity index (χ4n) is 2.33. The smallest absolute Gasteiger partial charge is 0.269 e. The van der Waals surface area contributed by atoms with Crippen LogP contribution < -0.4 is 10.9 Å². The number of rotatable bonds is 3. The summed E-state index contributed by atoms with van der Waals surface area (Å²) in [5, 5.41) is 1.51. The van der Waals surface area contributed by atoms with Gasteiger partial charge in [0.2, 0.25) is 5.91 Å². The number of carbonyl (C=O) groups is 2. The van der Waals surface area contributed by atoms with E-state index in [2.05, 4.69) is 15.8 Å². The first kappa shape index (κ1) is 16.0. The maximum Gasteiger partial charge on any atom is 0.269 e. The van der Waals surface area contributed by atoms with Crippen LogP contribution in [-0.4, -0.2) is 16.8 Å². The van der Waals surface area contributed by atoms with Gasteiger partial charge in [-0.3, -0.25) is 25.4 Å². The minimum absolute atomic E-state index is 0.120. The average Bonchev–Trinajstić information content (AvgIpc) is 2.61. The van der Waals surface area contributed by atoms with Crippen molar-refractivity contribution < 1.29 is 9.59 Å². The molecule has 0 atom stereocenters. The number of halogens is 1. The number of aromatic nitrogens is 1. The molecule has 0 aliphatic rings. The van der Waals surface area contributed by atoms with Crippen molar-refractivity contribution in [2.75, 3.05) is 0 Å². The zero-order valence-corrected chi connectivity index (χ0v) is 13.4. The van der Waals surface area contributed by atoms with Gasteiger partial charge in [-0.1, -0.05) is 35.9 Å². The molecule has 1 heterocycles. The van der Waals surface area contributed by atoms with Gasteiger partial charge in [-0.2, -0.15) is 0 Å². The zero-order valence-electron chi connectivity index (χ0n) is 12.6. The van der Waals surface area contributed by atoms with Crippen molar-refractivity contribution in [1.82, 2.24) is 15.8 Å². The summed E-state index contributed by atoms with van der Waals surface area (Å²) in [6.45, 7) is 0. The topological polar surface area (TPSA) is 71.1 Å². The third kappa shape index (κ3) is 3.70. The van der Waals surface area contributed by atoms with Crippen LogP contribution in [0.4, 0.5) is 0 Å². The molecule has 0 fully saturated rings. The van der Waals surface area contributed by atoms with Gasteiger partial charge >= 0.3 is 0 Å². The van der Waals surface area contributed by atoms with Crippen molar-refractivity contribution in [3.05, 3.63) is 76.9 Å². The van der Waals surface area contributed by atoms with Gasteiger partial charge in [0.05, 0.1) is 11.9 Å². The Kier molecular flexibility index (Phi) is 4.72. The van der Waals surface area contributed by atoms with Crippen LogP contribution in [0.15, 0.2) is 60.8 Å². The molecule has 0 radical (unpaired) electrons. The summed E-state index contributed by atoms with van der Waals surface area (Å²) in [6.07, 6.45) is 1.81. The van der Waals surface area contributed by atoms with Gasteiger partial charge in [0, 0.05) is 22.2 Å². The summed E-state index contributed by atoms with van der Waals surface area (Å²) >= 11 is 5.77. The van der Waals surface area contributed by atoms with E-state index in [9.17, 15) is 9.59 Å². The van der Waals surface area contributed by atoms with E-state index in [1.54, 1.807) is 30.5 Å². The summed E-state index contributed by atoms with van der Waals surface area (Å²) in [5.41, 5.74) is 6.78. The number of hydrogen-bond acceptors (Lipinski definition) is 3. The van der Waals surface area contributed by atoms with E-state index in [1.807, 2.05) is 30.3 Å². The van der Waals surface area contributed by atoms with Crippen LogP contribution in [0.1, 0.15) is 15.9 Å². The highest BCUT2D eigenvalue weighted by Gasteiger charge is 2.10. The summed E-state index contributed by atoms with van der Waals surface area (Å²) in [7, 11) is 0. The van der Waals surface area contributed by atoms with Crippen molar-refractivity contribution in [2.45, 2.75) is 6.42 Å². The molecular formula is C18H14ClN3O2. The number of hydrazine groups is 1. The molecule has 1 aromatic heterocycles. The molecule has 0 spiro atoms. The van der Waals surface area contributed by atoms with Crippen LogP contribution in [0.2, 0.25) is 5.02 Å². The van der Waals surface area contributed by atoms with Crippen molar-refractivity contribution in [1.29, 1.82) is 0 Å². The molecule has 3 rings (SSSR count). The van der Waals surface area contributed by atoms with Crippen LogP contribution >= 0.6 is 11.6 Å². The molecule has 3 aromatic rings. The first-order chi connectivity index (χ1) is 11.6. The Morgan fingerprint density at radius 1 is 0.958 bits per heavy atom. The third-order valence-corrected chi connectivity index (χ3v) is 3.74. The molecule has 5 nitrogen and oxygen atoms in total.